The van der Waals surface area contributed by atoms with Gasteiger partial charge in [0.2, 0.25) is 0 Å². The van der Waals surface area contributed by atoms with Crippen molar-refractivity contribution in [1.29, 1.82) is 5.26 Å². The highest BCUT2D eigenvalue weighted by atomic mass is 32.2. The van der Waals surface area contributed by atoms with Crippen molar-refractivity contribution < 1.29 is 9.19 Å². The molecule has 0 unspecified atom stereocenters. The van der Waals surface area contributed by atoms with E-state index in [0.29, 0.717) is 21.2 Å². The maximum Gasteiger partial charge on any atom is 0.330 e. The van der Waals surface area contributed by atoms with Crippen LogP contribution in [0.3, 0.4) is 0 Å². The van der Waals surface area contributed by atoms with E-state index in [9.17, 15) is 9.83 Å². The minimum atomic E-state index is -3.41. The van der Waals surface area contributed by atoms with E-state index in [1.807, 2.05) is 73.7 Å². The first-order valence-corrected chi connectivity index (χ1v) is 12.1. The Bertz CT molecular complexity index is 1230. The van der Waals surface area contributed by atoms with Gasteiger partial charge in [-0.3, -0.25) is 4.57 Å². The Hall–Kier alpha value is -3.32. The van der Waals surface area contributed by atoms with Gasteiger partial charge in [-0.15, -0.1) is 0 Å². The fourth-order valence-electron chi connectivity index (χ4n) is 3.20. The summed E-state index contributed by atoms with van der Waals surface area (Å²) in [5.74, 6) is 0. The Morgan fingerprint density at radius 2 is 1.48 bits per heavy atom. The SMILES string of the molecule is Cc1ccccc1/C(C#N)=C1C=C/C(=N\OP(=O)(c2ccccc2)c2ccccc2)S/1. The van der Waals surface area contributed by atoms with E-state index in [1.165, 1.54) is 11.8 Å². The van der Waals surface area contributed by atoms with Gasteiger partial charge in [-0.25, -0.2) is 0 Å². The molecule has 0 atom stereocenters. The van der Waals surface area contributed by atoms with E-state index in [2.05, 4.69) is 11.2 Å². The molecule has 0 bridgehead atoms. The summed E-state index contributed by atoms with van der Waals surface area (Å²) in [5, 5.41) is 15.6. The van der Waals surface area contributed by atoms with Crippen molar-refractivity contribution in [3.8, 4) is 6.07 Å². The van der Waals surface area contributed by atoms with E-state index in [0.717, 1.165) is 16.0 Å². The monoisotopic (exact) mass is 442 g/mol. The summed E-state index contributed by atoms with van der Waals surface area (Å²) in [7, 11) is -3.41. The number of oxime groups is 1. The first-order valence-electron chi connectivity index (χ1n) is 9.66. The van der Waals surface area contributed by atoms with Crippen LogP contribution in [0.1, 0.15) is 11.1 Å². The Morgan fingerprint density at radius 1 is 0.903 bits per heavy atom. The van der Waals surface area contributed by atoms with E-state index in [-0.39, 0.29) is 0 Å². The average molecular weight is 442 g/mol. The molecule has 1 aliphatic rings. The minimum Gasteiger partial charge on any atom is -0.329 e. The number of aryl methyl sites for hydroxylation is 1. The molecular formula is C25H19N2O2PS. The van der Waals surface area contributed by atoms with Crippen molar-refractivity contribution in [1.82, 2.24) is 0 Å². The van der Waals surface area contributed by atoms with Crippen molar-refractivity contribution >= 4 is 40.4 Å². The molecule has 0 saturated carbocycles. The second-order valence-electron chi connectivity index (χ2n) is 6.84. The van der Waals surface area contributed by atoms with Gasteiger partial charge in [-0.2, -0.15) is 5.26 Å². The van der Waals surface area contributed by atoms with Crippen molar-refractivity contribution in [3.63, 3.8) is 0 Å². The zero-order valence-corrected chi connectivity index (χ0v) is 18.5. The first kappa shape index (κ1) is 20.9. The molecule has 4 rings (SSSR count). The van der Waals surface area contributed by atoms with Crippen LogP contribution in [0.2, 0.25) is 0 Å². The number of nitriles is 1. The van der Waals surface area contributed by atoms with Gasteiger partial charge < -0.3 is 4.62 Å². The number of thioether (sulfide) groups is 1. The summed E-state index contributed by atoms with van der Waals surface area (Å²) in [6.45, 7) is 1.98. The van der Waals surface area contributed by atoms with Crippen LogP contribution in [0.25, 0.3) is 5.57 Å². The van der Waals surface area contributed by atoms with Crippen LogP contribution < -0.4 is 10.6 Å². The molecule has 0 spiro atoms. The molecule has 152 valence electrons. The molecule has 0 aromatic heterocycles. The van der Waals surface area contributed by atoms with E-state index in [1.54, 1.807) is 30.3 Å². The van der Waals surface area contributed by atoms with Gasteiger partial charge in [0.1, 0.15) is 11.1 Å². The average Bonchev–Trinajstić information content (AvgIpc) is 3.29. The van der Waals surface area contributed by atoms with Crippen molar-refractivity contribution in [2.75, 3.05) is 0 Å². The fraction of sp³-hybridized carbons (Fsp3) is 0.0400. The third-order valence-corrected chi connectivity index (χ3v) is 8.05. The molecule has 1 heterocycles. The predicted molar refractivity (Wildman–Crippen MR) is 129 cm³/mol. The normalized spacial score (nSPS) is 16.2. The van der Waals surface area contributed by atoms with Crippen LogP contribution in [0.5, 0.6) is 0 Å². The molecule has 6 heteroatoms. The fourth-order valence-corrected chi connectivity index (χ4v) is 5.91. The smallest absolute Gasteiger partial charge is 0.329 e. The lowest BCUT2D eigenvalue weighted by Gasteiger charge is -2.16. The van der Waals surface area contributed by atoms with Crippen molar-refractivity contribution in [3.05, 3.63) is 113 Å². The standard InChI is InChI=1S/C25H19N2O2PS/c1-19-10-8-9-15-22(19)23(18-26)24-16-17-25(31-24)27-29-30(28,20-11-4-2-5-12-20)21-13-6-3-7-14-21/h2-17H,1H3/b24-23-,27-25+. The van der Waals surface area contributed by atoms with Crippen LogP contribution in [-0.2, 0) is 9.19 Å². The quantitative estimate of drug-likeness (QED) is 0.285. The maximum absolute atomic E-state index is 13.9. The lowest BCUT2D eigenvalue weighted by atomic mass is 10.0. The zero-order valence-electron chi connectivity index (χ0n) is 16.8. The number of rotatable bonds is 5. The Balaban J connectivity index is 1.65. The van der Waals surface area contributed by atoms with Crippen molar-refractivity contribution in [2.45, 2.75) is 6.92 Å². The second kappa shape index (κ2) is 9.22. The highest BCUT2D eigenvalue weighted by Gasteiger charge is 2.30. The Morgan fingerprint density at radius 3 is 2.06 bits per heavy atom. The van der Waals surface area contributed by atoms with Crippen LogP contribution >= 0.6 is 19.1 Å². The predicted octanol–water partition coefficient (Wildman–Crippen LogP) is 5.79. The lowest BCUT2D eigenvalue weighted by molar-refractivity contribution is 0.351. The van der Waals surface area contributed by atoms with Gasteiger partial charge in [0.25, 0.3) is 0 Å². The molecule has 4 nitrogen and oxygen atoms in total. The number of hydrogen-bond donors (Lipinski definition) is 0. The molecule has 0 radical (unpaired) electrons. The summed E-state index contributed by atoms with van der Waals surface area (Å²) in [6.07, 6.45) is 3.61. The van der Waals surface area contributed by atoms with Gasteiger partial charge in [-0.05, 0) is 54.5 Å². The summed E-state index contributed by atoms with van der Waals surface area (Å²) in [5.41, 5.74) is 2.50. The molecule has 0 fully saturated rings. The number of allylic oxidation sites excluding steroid dienone is 2. The van der Waals surface area contributed by atoms with Crippen LogP contribution in [0.4, 0.5) is 0 Å². The number of nitrogens with zero attached hydrogens (tertiary/aromatic N) is 2. The summed E-state index contributed by atoms with van der Waals surface area (Å²) in [6, 6.07) is 28.2. The Kier molecular flexibility index (Phi) is 6.23. The van der Waals surface area contributed by atoms with Gasteiger partial charge in [0.15, 0.2) is 0 Å². The van der Waals surface area contributed by atoms with Crippen molar-refractivity contribution in [2.24, 2.45) is 5.16 Å². The molecule has 3 aromatic rings. The van der Waals surface area contributed by atoms with Gasteiger partial charge >= 0.3 is 7.37 Å². The second-order valence-corrected chi connectivity index (χ2v) is 10.2. The van der Waals surface area contributed by atoms with Gasteiger partial charge in [0, 0.05) is 4.91 Å². The molecule has 1 aliphatic heterocycles. The first-order chi connectivity index (χ1) is 15.1. The number of hydrogen-bond acceptors (Lipinski definition) is 5. The molecular weight excluding hydrogens is 423 g/mol. The van der Waals surface area contributed by atoms with Gasteiger partial charge in [-0.1, -0.05) is 77.6 Å². The highest BCUT2D eigenvalue weighted by Crippen LogP contribution is 2.46. The largest absolute Gasteiger partial charge is 0.330 e. The van der Waals surface area contributed by atoms with Crippen LogP contribution in [0, 0.1) is 18.3 Å². The Labute approximate surface area is 186 Å². The van der Waals surface area contributed by atoms with Crippen LogP contribution in [0.15, 0.2) is 107 Å². The number of benzene rings is 3. The molecule has 0 amide bonds. The van der Waals surface area contributed by atoms with Crippen LogP contribution in [-0.4, -0.2) is 5.04 Å². The molecule has 31 heavy (non-hydrogen) atoms. The summed E-state index contributed by atoms with van der Waals surface area (Å²) >= 11 is 1.33. The molecule has 3 aromatic carbocycles. The third kappa shape index (κ3) is 4.41. The molecule has 0 N–H and O–H groups in total. The minimum absolute atomic E-state index is 0.545. The van der Waals surface area contributed by atoms with E-state index < -0.39 is 7.37 Å². The molecule has 0 aliphatic carbocycles. The summed E-state index contributed by atoms with van der Waals surface area (Å²) < 4.78 is 19.6. The zero-order chi connectivity index (χ0) is 21.7. The third-order valence-electron chi connectivity index (χ3n) is 4.80. The topological polar surface area (TPSA) is 62.4 Å². The lowest BCUT2D eigenvalue weighted by Crippen LogP contribution is -2.16. The van der Waals surface area contributed by atoms with E-state index in [4.69, 9.17) is 4.62 Å². The van der Waals surface area contributed by atoms with E-state index >= 15 is 0 Å². The molecule has 0 saturated heterocycles. The summed E-state index contributed by atoms with van der Waals surface area (Å²) in [4.78, 5) is 0.786. The maximum atomic E-state index is 13.9. The van der Waals surface area contributed by atoms with Gasteiger partial charge in [0.05, 0.1) is 16.2 Å². The highest BCUT2D eigenvalue weighted by molar-refractivity contribution is 8.18.